The molecule has 1 aromatic carbocycles. The third kappa shape index (κ3) is 2.63. The van der Waals surface area contributed by atoms with Gasteiger partial charge in [-0.25, -0.2) is 4.39 Å². The number of carbonyl (C=O) groups is 1. The van der Waals surface area contributed by atoms with E-state index in [4.69, 9.17) is 0 Å². The molecule has 2 aliphatic rings. The Labute approximate surface area is 112 Å². The first-order valence-corrected chi connectivity index (χ1v) is 6.95. The highest BCUT2D eigenvalue weighted by Crippen LogP contribution is 2.27. The van der Waals surface area contributed by atoms with E-state index in [0.717, 1.165) is 18.4 Å². The molecule has 0 aliphatic carbocycles. The molecule has 102 valence electrons. The lowest BCUT2D eigenvalue weighted by molar-refractivity contribution is 0.0923. The SMILES string of the molecule is Cc1ccc(F)cc1C(=O)NC1CC2CCC(C1)N2. The maximum atomic E-state index is 13.2. The van der Waals surface area contributed by atoms with Crippen LogP contribution in [0.1, 0.15) is 41.6 Å². The molecule has 0 radical (unpaired) electrons. The molecule has 2 heterocycles. The van der Waals surface area contributed by atoms with E-state index < -0.39 is 0 Å². The molecule has 0 saturated carbocycles. The van der Waals surface area contributed by atoms with Crippen LogP contribution >= 0.6 is 0 Å². The summed E-state index contributed by atoms with van der Waals surface area (Å²) in [5, 5.41) is 6.60. The van der Waals surface area contributed by atoms with Crippen molar-refractivity contribution in [1.29, 1.82) is 0 Å². The van der Waals surface area contributed by atoms with Crippen LogP contribution in [-0.4, -0.2) is 24.0 Å². The highest BCUT2D eigenvalue weighted by atomic mass is 19.1. The number of aryl methyl sites for hydroxylation is 1. The number of halogens is 1. The molecule has 0 spiro atoms. The number of piperidine rings is 1. The van der Waals surface area contributed by atoms with Gasteiger partial charge in [0.15, 0.2) is 0 Å². The summed E-state index contributed by atoms with van der Waals surface area (Å²) < 4.78 is 13.2. The predicted octanol–water partition coefficient (Wildman–Crippen LogP) is 2.15. The molecule has 1 aromatic rings. The van der Waals surface area contributed by atoms with Crippen molar-refractivity contribution in [2.24, 2.45) is 0 Å². The Kier molecular flexibility index (Phi) is 3.27. The molecule has 2 saturated heterocycles. The van der Waals surface area contributed by atoms with Crippen molar-refractivity contribution in [3.05, 3.63) is 35.1 Å². The van der Waals surface area contributed by atoms with Gasteiger partial charge in [-0.1, -0.05) is 6.07 Å². The molecule has 2 fully saturated rings. The van der Waals surface area contributed by atoms with Gasteiger partial charge in [-0.3, -0.25) is 4.79 Å². The molecular weight excluding hydrogens is 243 g/mol. The van der Waals surface area contributed by atoms with Crippen LogP contribution in [0.2, 0.25) is 0 Å². The van der Waals surface area contributed by atoms with Crippen LogP contribution in [0.25, 0.3) is 0 Å². The number of hydrogen-bond donors (Lipinski definition) is 2. The standard InChI is InChI=1S/C15H19FN2O/c1-9-2-3-10(16)6-14(9)15(19)18-13-7-11-4-5-12(8-13)17-11/h2-3,6,11-13,17H,4-5,7-8H2,1H3,(H,18,19). The Morgan fingerprint density at radius 2 is 2.00 bits per heavy atom. The van der Waals surface area contributed by atoms with Gasteiger partial charge in [0.05, 0.1) is 0 Å². The first-order valence-electron chi connectivity index (χ1n) is 6.95. The Morgan fingerprint density at radius 3 is 2.68 bits per heavy atom. The smallest absolute Gasteiger partial charge is 0.251 e. The van der Waals surface area contributed by atoms with E-state index in [1.165, 1.54) is 25.0 Å². The van der Waals surface area contributed by atoms with Gasteiger partial charge in [-0.15, -0.1) is 0 Å². The number of amides is 1. The molecular formula is C15H19FN2O. The third-order valence-corrected chi connectivity index (χ3v) is 4.25. The summed E-state index contributed by atoms with van der Waals surface area (Å²) in [5.41, 5.74) is 1.27. The van der Waals surface area contributed by atoms with Crippen LogP contribution < -0.4 is 10.6 Å². The van der Waals surface area contributed by atoms with Gasteiger partial charge in [0, 0.05) is 23.7 Å². The molecule has 3 nitrogen and oxygen atoms in total. The van der Waals surface area contributed by atoms with Crippen LogP contribution in [0, 0.1) is 12.7 Å². The van der Waals surface area contributed by atoms with Crippen molar-refractivity contribution < 1.29 is 9.18 Å². The first-order chi connectivity index (χ1) is 9.11. The quantitative estimate of drug-likeness (QED) is 0.857. The Morgan fingerprint density at radius 1 is 1.32 bits per heavy atom. The van der Waals surface area contributed by atoms with Crippen molar-refractivity contribution in [2.75, 3.05) is 0 Å². The van der Waals surface area contributed by atoms with Crippen LogP contribution in [0.5, 0.6) is 0 Å². The Hall–Kier alpha value is -1.42. The summed E-state index contributed by atoms with van der Waals surface area (Å²) in [6, 6.07) is 5.65. The van der Waals surface area contributed by atoms with Gasteiger partial charge in [0.1, 0.15) is 5.82 Å². The summed E-state index contributed by atoms with van der Waals surface area (Å²) in [6.45, 7) is 1.83. The highest BCUT2D eigenvalue weighted by Gasteiger charge is 2.34. The highest BCUT2D eigenvalue weighted by molar-refractivity contribution is 5.95. The minimum Gasteiger partial charge on any atom is -0.349 e. The fourth-order valence-electron chi connectivity index (χ4n) is 3.28. The lowest BCUT2D eigenvalue weighted by Gasteiger charge is -2.29. The molecule has 2 N–H and O–H groups in total. The molecule has 2 unspecified atom stereocenters. The second-order valence-corrected chi connectivity index (χ2v) is 5.74. The molecule has 4 heteroatoms. The molecule has 2 aliphatic heterocycles. The predicted molar refractivity (Wildman–Crippen MR) is 71.6 cm³/mol. The zero-order chi connectivity index (χ0) is 13.4. The number of nitrogens with one attached hydrogen (secondary N) is 2. The summed E-state index contributed by atoms with van der Waals surface area (Å²) in [7, 11) is 0. The average Bonchev–Trinajstić information content (AvgIpc) is 2.71. The van der Waals surface area contributed by atoms with Gasteiger partial charge in [0.2, 0.25) is 0 Å². The van der Waals surface area contributed by atoms with Crippen molar-refractivity contribution in [3.8, 4) is 0 Å². The molecule has 3 rings (SSSR count). The molecule has 2 atom stereocenters. The molecule has 0 aromatic heterocycles. The monoisotopic (exact) mass is 262 g/mol. The van der Waals surface area contributed by atoms with Crippen LogP contribution in [0.15, 0.2) is 18.2 Å². The van der Waals surface area contributed by atoms with Crippen molar-refractivity contribution >= 4 is 5.91 Å². The summed E-state index contributed by atoms with van der Waals surface area (Å²) >= 11 is 0. The van der Waals surface area contributed by atoms with E-state index in [0.29, 0.717) is 17.6 Å². The van der Waals surface area contributed by atoms with E-state index in [-0.39, 0.29) is 17.8 Å². The van der Waals surface area contributed by atoms with E-state index in [2.05, 4.69) is 10.6 Å². The van der Waals surface area contributed by atoms with Gasteiger partial charge >= 0.3 is 0 Å². The maximum absolute atomic E-state index is 13.2. The number of carbonyl (C=O) groups excluding carboxylic acids is 1. The van der Waals surface area contributed by atoms with E-state index in [9.17, 15) is 9.18 Å². The number of fused-ring (bicyclic) bond motifs is 2. The van der Waals surface area contributed by atoms with E-state index >= 15 is 0 Å². The van der Waals surface area contributed by atoms with Crippen molar-refractivity contribution in [2.45, 2.75) is 50.7 Å². The third-order valence-electron chi connectivity index (χ3n) is 4.25. The summed E-state index contributed by atoms with van der Waals surface area (Å²) in [6.07, 6.45) is 4.37. The molecule has 2 bridgehead atoms. The zero-order valence-corrected chi connectivity index (χ0v) is 11.1. The van der Waals surface area contributed by atoms with Gasteiger partial charge in [-0.05, 0) is 50.3 Å². The second kappa shape index (κ2) is 4.93. The average molecular weight is 262 g/mol. The van der Waals surface area contributed by atoms with Crippen LogP contribution in [-0.2, 0) is 0 Å². The molecule has 19 heavy (non-hydrogen) atoms. The van der Waals surface area contributed by atoms with E-state index in [1.54, 1.807) is 6.07 Å². The fraction of sp³-hybridized carbons (Fsp3) is 0.533. The summed E-state index contributed by atoms with van der Waals surface area (Å²) in [5.74, 6) is -0.510. The van der Waals surface area contributed by atoms with Crippen molar-refractivity contribution in [1.82, 2.24) is 10.6 Å². The number of rotatable bonds is 2. The largest absolute Gasteiger partial charge is 0.349 e. The van der Waals surface area contributed by atoms with Crippen molar-refractivity contribution in [3.63, 3.8) is 0 Å². The lowest BCUT2D eigenvalue weighted by Crippen LogP contribution is -2.48. The van der Waals surface area contributed by atoms with Crippen LogP contribution in [0.3, 0.4) is 0 Å². The Bertz CT molecular complexity index is 491. The zero-order valence-electron chi connectivity index (χ0n) is 11.1. The van der Waals surface area contributed by atoms with Gasteiger partial charge < -0.3 is 10.6 Å². The summed E-state index contributed by atoms with van der Waals surface area (Å²) in [4.78, 5) is 12.2. The minimum absolute atomic E-state index is 0.150. The Balaban J connectivity index is 1.69. The number of benzene rings is 1. The van der Waals surface area contributed by atoms with Crippen LogP contribution in [0.4, 0.5) is 4.39 Å². The fourth-order valence-corrected chi connectivity index (χ4v) is 3.28. The topological polar surface area (TPSA) is 41.1 Å². The van der Waals surface area contributed by atoms with Gasteiger partial charge in [0.25, 0.3) is 5.91 Å². The maximum Gasteiger partial charge on any atom is 0.251 e. The van der Waals surface area contributed by atoms with Gasteiger partial charge in [-0.2, -0.15) is 0 Å². The number of hydrogen-bond acceptors (Lipinski definition) is 2. The van der Waals surface area contributed by atoms with E-state index in [1.807, 2.05) is 6.92 Å². The first kappa shape index (κ1) is 12.6. The second-order valence-electron chi connectivity index (χ2n) is 5.74. The lowest BCUT2D eigenvalue weighted by atomic mass is 9.99. The minimum atomic E-state index is -0.360. The normalized spacial score (nSPS) is 29.3. The molecule has 1 amide bonds.